The monoisotopic (exact) mass is 527 g/mol. The summed E-state index contributed by atoms with van der Waals surface area (Å²) in [5.41, 5.74) is 4.19. The van der Waals surface area contributed by atoms with Crippen LogP contribution in [0.25, 0.3) is 11.0 Å². The fraction of sp³-hybridized carbons (Fsp3) is 0.483. The van der Waals surface area contributed by atoms with E-state index in [1.165, 1.54) is 18.1 Å². The number of benzene rings is 1. The molecule has 5 rings (SSSR count). The highest BCUT2D eigenvalue weighted by molar-refractivity contribution is 5.84. The summed E-state index contributed by atoms with van der Waals surface area (Å²) >= 11 is 0. The second-order valence-electron chi connectivity index (χ2n) is 11.0. The molecule has 2 aromatic heterocycles. The molecule has 7 nitrogen and oxygen atoms in total. The standard InChI is InChI=1S/C28H33F2N3O.CH2O3/c1-18-9-10-21(28(18,2)3)15-25(34)32-13-11-22-23-8-5-12-31-27(23)33(24(22)17-32)16-19-6-4-7-20(14-19)26(29)30;2-1(3)4/h4-8,12,14,18,21,26H,9-11,13,15-17H2,1-3H3;(H2,2,3,4)/t18-,21-;/m1./s1. The van der Waals surface area contributed by atoms with Gasteiger partial charge in [0.1, 0.15) is 5.65 Å². The summed E-state index contributed by atoms with van der Waals surface area (Å²) in [6, 6.07) is 10.6. The molecule has 1 aliphatic heterocycles. The van der Waals surface area contributed by atoms with Crippen LogP contribution in [0.3, 0.4) is 0 Å². The second kappa shape index (κ2) is 11.1. The molecule has 0 spiro atoms. The average Bonchev–Trinajstić information content (AvgIpc) is 3.32. The maximum atomic E-state index is 13.4. The lowest BCUT2D eigenvalue weighted by molar-refractivity contribution is -0.134. The molecule has 9 heteroatoms. The normalized spacial score (nSPS) is 20.2. The van der Waals surface area contributed by atoms with Crippen molar-refractivity contribution in [3.8, 4) is 0 Å². The van der Waals surface area contributed by atoms with Crippen LogP contribution < -0.4 is 0 Å². The van der Waals surface area contributed by atoms with E-state index in [1.807, 2.05) is 17.0 Å². The van der Waals surface area contributed by atoms with E-state index < -0.39 is 12.6 Å². The number of pyridine rings is 1. The molecular weight excluding hydrogens is 492 g/mol. The summed E-state index contributed by atoms with van der Waals surface area (Å²) in [7, 11) is 0. The van der Waals surface area contributed by atoms with Gasteiger partial charge in [-0.25, -0.2) is 18.6 Å². The Morgan fingerprint density at radius 1 is 1.16 bits per heavy atom. The summed E-state index contributed by atoms with van der Waals surface area (Å²) in [6.45, 7) is 8.61. The molecule has 1 aliphatic carbocycles. The lowest BCUT2D eigenvalue weighted by Gasteiger charge is -2.34. The molecule has 0 radical (unpaired) electrons. The summed E-state index contributed by atoms with van der Waals surface area (Å²) in [6.07, 6.45) is 1.13. The first kappa shape index (κ1) is 27.5. The van der Waals surface area contributed by atoms with Gasteiger partial charge >= 0.3 is 6.16 Å². The van der Waals surface area contributed by atoms with Gasteiger partial charge in [-0.05, 0) is 65.8 Å². The zero-order valence-electron chi connectivity index (χ0n) is 22.0. The fourth-order valence-electron chi connectivity index (χ4n) is 5.96. The Hall–Kier alpha value is -3.49. The molecular formula is C29H35F2N3O4. The van der Waals surface area contributed by atoms with Crippen LogP contribution >= 0.6 is 0 Å². The van der Waals surface area contributed by atoms with Crippen molar-refractivity contribution in [2.75, 3.05) is 6.54 Å². The molecule has 0 unspecified atom stereocenters. The van der Waals surface area contributed by atoms with Crippen LogP contribution in [-0.2, 0) is 24.3 Å². The van der Waals surface area contributed by atoms with Gasteiger partial charge in [-0.1, -0.05) is 39.0 Å². The molecule has 38 heavy (non-hydrogen) atoms. The number of amides is 1. The SMILES string of the molecule is C[C@@H]1CC[C@H](CC(=O)N2CCc3c(n(Cc4cccc(C(F)F)c4)c4ncccc34)C2)C1(C)C.O=C(O)O. The number of carbonyl (C=O) groups is 2. The molecule has 1 aromatic carbocycles. The highest BCUT2D eigenvalue weighted by Crippen LogP contribution is 2.49. The molecule has 1 amide bonds. The van der Waals surface area contributed by atoms with Gasteiger partial charge in [-0.15, -0.1) is 0 Å². The first-order valence-corrected chi connectivity index (χ1v) is 13.0. The Balaban J connectivity index is 0.000000786. The van der Waals surface area contributed by atoms with Crippen LogP contribution in [-0.4, -0.2) is 43.3 Å². The van der Waals surface area contributed by atoms with E-state index in [9.17, 15) is 13.6 Å². The Morgan fingerprint density at radius 2 is 1.89 bits per heavy atom. The molecule has 2 atom stereocenters. The van der Waals surface area contributed by atoms with Gasteiger partial charge in [0.05, 0.1) is 6.54 Å². The van der Waals surface area contributed by atoms with E-state index >= 15 is 0 Å². The number of rotatable bonds is 5. The Bertz CT molecular complexity index is 1320. The zero-order valence-corrected chi connectivity index (χ0v) is 22.0. The lowest BCUT2D eigenvalue weighted by Crippen LogP contribution is -2.39. The van der Waals surface area contributed by atoms with Crippen LogP contribution in [0.15, 0.2) is 42.6 Å². The Kier molecular flexibility index (Phi) is 8.04. The van der Waals surface area contributed by atoms with Crippen LogP contribution in [0, 0.1) is 17.3 Å². The van der Waals surface area contributed by atoms with Gasteiger partial charge in [0, 0.05) is 42.4 Å². The second-order valence-corrected chi connectivity index (χ2v) is 11.0. The average molecular weight is 528 g/mol. The van der Waals surface area contributed by atoms with Crippen LogP contribution in [0.5, 0.6) is 0 Å². The van der Waals surface area contributed by atoms with Crippen molar-refractivity contribution in [3.05, 3.63) is 65.0 Å². The number of fused-ring (bicyclic) bond motifs is 3. The third-order valence-corrected chi connectivity index (χ3v) is 8.60. The zero-order chi connectivity index (χ0) is 27.6. The largest absolute Gasteiger partial charge is 0.503 e. The number of aromatic nitrogens is 2. The first-order chi connectivity index (χ1) is 18.0. The van der Waals surface area contributed by atoms with Crippen molar-refractivity contribution in [2.24, 2.45) is 17.3 Å². The van der Waals surface area contributed by atoms with Crippen LogP contribution in [0.2, 0.25) is 0 Å². The van der Waals surface area contributed by atoms with Gasteiger partial charge in [0.25, 0.3) is 6.43 Å². The van der Waals surface area contributed by atoms with Crippen molar-refractivity contribution in [1.29, 1.82) is 0 Å². The molecule has 3 aromatic rings. The molecule has 1 saturated carbocycles. The molecule has 204 valence electrons. The number of alkyl halides is 2. The lowest BCUT2D eigenvalue weighted by atomic mass is 9.75. The minimum atomic E-state index is -2.50. The molecule has 2 aliphatic rings. The van der Waals surface area contributed by atoms with Gasteiger partial charge in [-0.2, -0.15) is 0 Å². The summed E-state index contributed by atoms with van der Waals surface area (Å²) < 4.78 is 28.7. The topological polar surface area (TPSA) is 95.7 Å². The number of carbonyl (C=O) groups excluding carboxylic acids is 1. The van der Waals surface area contributed by atoms with E-state index in [0.29, 0.717) is 37.9 Å². The van der Waals surface area contributed by atoms with Crippen molar-refractivity contribution in [2.45, 2.75) is 66.0 Å². The predicted molar refractivity (Wildman–Crippen MR) is 140 cm³/mol. The molecule has 0 bridgehead atoms. The molecule has 2 N–H and O–H groups in total. The van der Waals surface area contributed by atoms with E-state index in [4.69, 9.17) is 15.0 Å². The number of hydrogen-bond acceptors (Lipinski definition) is 3. The van der Waals surface area contributed by atoms with Gasteiger partial charge < -0.3 is 19.7 Å². The predicted octanol–water partition coefficient (Wildman–Crippen LogP) is 6.59. The van der Waals surface area contributed by atoms with Crippen molar-refractivity contribution < 1.29 is 28.6 Å². The van der Waals surface area contributed by atoms with E-state index in [-0.39, 0.29) is 16.9 Å². The summed E-state index contributed by atoms with van der Waals surface area (Å²) in [4.78, 5) is 28.6. The first-order valence-electron chi connectivity index (χ1n) is 13.0. The highest BCUT2D eigenvalue weighted by Gasteiger charge is 2.42. The van der Waals surface area contributed by atoms with Crippen molar-refractivity contribution in [1.82, 2.24) is 14.5 Å². The van der Waals surface area contributed by atoms with Gasteiger partial charge in [-0.3, -0.25) is 4.79 Å². The van der Waals surface area contributed by atoms with Gasteiger partial charge in [0.15, 0.2) is 0 Å². The van der Waals surface area contributed by atoms with Gasteiger partial charge in [0.2, 0.25) is 5.91 Å². The third kappa shape index (κ3) is 5.66. The Labute approximate surface area is 221 Å². The van der Waals surface area contributed by atoms with E-state index in [1.54, 1.807) is 18.3 Å². The number of hydrogen-bond donors (Lipinski definition) is 2. The molecule has 3 heterocycles. The number of halogens is 2. The quantitative estimate of drug-likeness (QED) is 0.390. The summed E-state index contributed by atoms with van der Waals surface area (Å²) in [5.74, 6) is 1.28. The summed E-state index contributed by atoms with van der Waals surface area (Å²) in [5, 5.41) is 15.0. The molecule has 0 saturated heterocycles. The maximum Gasteiger partial charge on any atom is 0.503 e. The Morgan fingerprint density at radius 3 is 2.55 bits per heavy atom. The highest BCUT2D eigenvalue weighted by atomic mass is 19.3. The number of nitrogens with zero attached hydrogens (tertiary/aromatic N) is 3. The minimum absolute atomic E-state index is 0.0287. The fourth-order valence-corrected chi connectivity index (χ4v) is 5.96. The van der Waals surface area contributed by atoms with Crippen molar-refractivity contribution >= 4 is 23.1 Å². The van der Waals surface area contributed by atoms with Crippen molar-refractivity contribution in [3.63, 3.8) is 0 Å². The number of carboxylic acid groups (broad SMARTS) is 2. The third-order valence-electron chi connectivity index (χ3n) is 8.60. The molecule has 1 fully saturated rings. The van der Waals surface area contributed by atoms with Crippen LogP contribution in [0.1, 0.15) is 68.8 Å². The smallest absolute Gasteiger partial charge is 0.450 e. The van der Waals surface area contributed by atoms with Crippen LogP contribution in [0.4, 0.5) is 13.6 Å². The van der Waals surface area contributed by atoms with E-state index in [0.717, 1.165) is 35.1 Å². The minimum Gasteiger partial charge on any atom is -0.450 e. The van der Waals surface area contributed by atoms with E-state index in [2.05, 4.69) is 36.4 Å². The maximum absolute atomic E-state index is 13.4.